The van der Waals surface area contributed by atoms with E-state index in [1.807, 2.05) is 0 Å². The lowest BCUT2D eigenvalue weighted by molar-refractivity contribution is -0.155. The minimum atomic E-state index is -1.94. The maximum atomic E-state index is 5.10. The lowest BCUT2D eigenvalue weighted by Gasteiger charge is -2.63. The molecule has 1 aliphatic rings. The van der Waals surface area contributed by atoms with E-state index in [-0.39, 0.29) is 11.1 Å². The first-order valence-corrected chi connectivity index (χ1v) is 11.1. The third-order valence-electron chi connectivity index (χ3n) is 5.97. The van der Waals surface area contributed by atoms with Gasteiger partial charge in [-0.05, 0) is 94.0 Å². The van der Waals surface area contributed by atoms with Crippen LogP contribution in [0.3, 0.4) is 0 Å². The van der Waals surface area contributed by atoms with Crippen LogP contribution in [0, 0.1) is 0 Å². The third kappa shape index (κ3) is 2.78. The van der Waals surface area contributed by atoms with Gasteiger partial charge >= 0.3 is 0 Å². The first-order chi connectivity index (χ1) is 11.3. The lowest BCUT2D eigenvalue weighted by Crippen LogP contribution is -2.80. The standard InChI is InChI=1S/C16H41N7P2/c1-18(2)14-13-25(17-24,23(11)12)16(21(7)8,22(9)10)15(14,19(3)4)20(5)6/h14H,13,24H2,1-12H3. The molecule has 0 aromatic rings. The van der Waals surface area contributed by atoms with Gasteiger partial charge in [0.15, 0.2) is 5.40 Å². The summed E-state index contributed by atoms with van der Waals surface area (Å²) >= 11 is 0. The van der Waals surface area contributed by atoms with Crippen molar-refractivity contribution in [3.05, 3.63) is 0 Å². The van der Waals surface area contributed by atoms with Crippen molar-refractivity contribution in [3.8, 4) is 0 Å². The molecular formula is C16H41N7P2. The molecule has 1 rings (SSSR count). The molecule has 1 heterocycles. The highest BCUT2D eigenvalue weighted by molar-refractivity contribution is 7.68. The molecule has 1 saturated heterocycles. The Balaban J connectivity index is 4.17. The summed E-state index contributed by atoms with van der Waals surface area (Å²) in [7, 11) is 27.2. The van der Waals surface area contributed by atoms with Crippen molar-refractivity contribution in [3.63, 3.8) is 0 Å². The number of hydrogen-bond acceptors (Lipinski definition) is 6. The van der Waals surface area contributed by atoms with Gasteiger partial charge in [-0.2, -0.15) is 0 Å². The molecule has 1 fully saturated rings. The van der Waals surface area contributed by atoms with Gasteiger partial charge < -0.3 is 4.90 Å². The van der Waals surface area contributed by atoms with Crippen LogP contribution in [0.5, 0.6) is 0 Å². The van der Waals surface area contributed by atoms with Crippen molar-refractivity contribution < 1.29 is 0 Å². The number of rotatable bonds is 6. The number of likely N-dealkylation sites (N-methyl/N-ethyl adjacent to an activating group) is 5. The maximum Gasteiger partial charge on any atom is 0.156 e. The van der Waals surface area contributed by atoms with E-state index in [4.69, 9.17) is 4.52 Å². The molecule has 0 bridgehead atoms. The van der Waals surface area contributed by atoms with Gasteiger partial charge in [0, 0.05) is 6.16 Å². The summed E-state index contributed by atoms with van der Waals surface area (Å²) in [5, 5.41) is -0.285. The Kier molecular flexibility index (Phi) is 7.33. The zero-order valence-corrected chi connectivity index (χ0v) is 20.5. The second kappa shape index (κ2) is 7.81. The summed E-state index contributed by atoms with van der Waals surface area (Å²) in [4.78, 5) is 12.0. The minimum Gasteiger partial charge on any atom is -0.303 e. The van der Waals surface area contributed by atoms with E-state index in [0.717, 1.165) is 6.16 Å². The van der Waals surface area contributed by atoms with E-state index >= 15 is 0 Å². The van der Waals surface area contributed by atoms with E-state index < -0.39 is 7.21 Å². The molecule has 0 aromatic carbocycles. The largest absolute Gasteiger partial charge is 0.303 e. The Morgan fingerprint density at radius 3 is 1.36 bits per heavy atom. The van der Waals surface area contributed by atoms with Crippen LogP contribution in [0.15, 0.2) is 4.52 Å². The molecule has 25 heavy (non-hydrogen) atoms. The summed E-state index contributed by atoms with van der Waals surface area (Å²) < 4.78 is 7.49. The fraction of sp³-hybridized carbons (Fsp3) is 1.00. The zero-order chi connectivity index (χ0) is 20.0. The Hall–Kier alpha value is 0.420. The molecule has 1 aliphatic heterocycles. The highest BCUT2D eigenvalue weighted by Crippen LogP contribution is 2.75. The van der Waals surface area contributed by atoms with Gasteiger partial charge in [-0.25, -0.2) is 0 Å². The SMILES string of the molecule is CN(C)C1CP(=NP)(N(C)C)C(N(C)C)(N(C)C)C1(N(C)C)N(C)C. The van der Waals surface area contributed by atoms with Crippen LogP contribution in [0.4, 0.5) is 0 Å². The minimum absolute atomic E-state index is 0.248. The summed E-state index contributed by atoms with van der Waals surface area (Å²) in [5.74, 6) is 0. The van der Waals surface area contributed by atoms with Gasteiger partial charge in [-0.1, -0.05) is 0 Å². The zero-order valence-electron chi connectivity index (χ0n) is 18.4. The molecule has 3 atom stereocenters. The van der Waals surface area contributed by atoms with Gasteiger partial charge in [0.1, 0.15) is 5.66 Å². The van der Waals surface area contributed by atoms with E-state index in [1.54, 1.807) is 0 Å². The van der Waals surface area contributed by atoms with Crippen molar-refractivity contribution in [2.24, 2.45) is 4.52 Å². The van der Waals surface area contributed by atoms with Gasteiger partial charge in [0.05, 0.1) is 13.2 Å². The van der Waals surface area contributed by atoms with Crippen LogP contribution in [0.25, 0.3) is 0 Å². The molecule has 0 radical (unpaired) electrons. The molecule has 9 heteroatoms. The van der Waals surface area contributed by atoms with Crippen molar-refractivity contribution in [1.82, 2.24) is 29.2 Å². The molecule has 0 saturated carbocycles. The Morgan fingerprint density at radius 2 is 1.16 bits per heavy atom. The van der Waals surface area contributed by atoms with E-state index in [1.165, 1.54) is 0 Å². The van der Waals surface area contributed by atoms with E-state index in [2.05, 4.69) is 123 Å². The molecule has 0 spiro atoms. The smallest absolute Gasteiger partial charge is 0.156 e. The summed E-state index contributed by atoms with van der Waals surface area (Å²) in [6, 6.07) is 0.322. The first kappa shape index (κ1) is 23.5. The predicted octanol–water partition coefficient (Wildman–Crippen LogP) is 0.995. The van der Waals surface area contributed by atoms with Crippen LogP contribution >= 0.6 is 16.6 Å². The fourth-order valence-electron chi connectivity index (χ4n) is 5.47. The second-order valence-corrected chi connectivity index (χ2v) is 12.5. The summed E-state index contributed by atoms with van der Waals surface area (Å²) in [5.41, 5.74) is -0.248. The highest BCUT2D eigenvalue weighted by atomic mass is 31.2. The molecule has 7 nitrogen and oxygen atoms in total. The van der Waals surface area contributed by atoms with Crippen molar-refractivity contribution in [2.75, 3.05) is 90.7 Å². The maximum absolute atomic E-state index is 5.10. The first-order valence-electron chi connectivity index (χ1n) is 8.66. The Labute approximate surface area is 158 Å². The highest BCUT2D eigenvalue weighted by Gasteiger charge is 2.74. The Morgan fingerprint density at radius 1 is 0.760 bits per heavy atom. The number of hydrogen-bond donors (Lipinski definition) is 0. The second-order valence-electron chi connectivity index (χ2n) is 8.29. The average molecular weight is 394 g/mol. The van der Waals surface area contributed by atoms with Crippen LogP contribution in [0.2, 0.25) is 0 Å². The van der Waals surface area contributed by atoms with Crippen molar-refractivity contribution >= 4 is 16.6 Å². The third-order valence-corrected chi connectivity index (χ3v) is 11.8. The average Bonchev–Trinajstić information content (AvgIpc) is 2.77. The van der Waals surface area contributed by atoms with Gasteiger partial charge in [0.2, 0.25) is 0 Å². The van der Waals surface area contributed by atoms with Crippen molar-refractivity contribution in [1.29, 1.82) is 0 Å². The Bertz CT molecular complexity index is 499. The number of nitrogens with zero attached hydrogens (tertiary/aromatic N) is 7. The van der Waals surface area contributed by atoms with Gasteiger partial charge in [-0.3, -0.25) is 28.8 Å². The van der Waals surface area contributed by atoms with Crippen LogP contribution in [0.1, 0.15) is 0 Å². The fourth-order valence-corrected chi connectivity index (χ4v) is 11.9. The van der Waals surface area contributed by atoms with Crippen LogP contribution in [-0.2, 0) is 0 Å². The molecule has 0 aliphatic carbocycles. The summed E-state index contributed by atoms with van der Waals surface area (Å²) in [6.07, 6.45) is 1.03. The molecule has 150 valence electrons. The molecule has 0 N–H and O–H groups in total. The molecule has 0 amide bonds. The van der Waals surface area contributed by atoms with Crippen LogP contribution in [-0.4, -0.2) is 137 Å². The van der Waals surface area contributed by atoms with Gasteiger partial charge in [0.25, 0.3) is 0 Å². The monoisotopic (exact) mass is 393 g/mol. The lowest BCUT2D eigenvalue weighted by atomic mass is 9.92. The predicted molar refractivity (Wildman–Crippen MR) is 115 cm³/mol. The topological polar surface area (TPSA) is 31.8 Å². The van der Waals surface area contributed by atoms with Crippen molar-refractivity contribution in [2.45, 2.75) is 17.1 Å². The molecule has 3 unspecified atom stereocenters. The van der Waals surface area contributed by atoms with Gasteiger partial charge in [-0.15, -0.1) is 0 Å². The quantitative estimate of drug-likeness (QED) is 0.494. The van der Waals surface area contributed by atoms with Crippen LogP contribution < -0.4 is 0 Å². The molecule has 0 aromatic heterocycles. The van der Waals surface area contributed by atoms with E-state index in [9.17, 15) is 0 Å². The molecular weight excluding hydrogens is 352 g/mol. The normalized spacial score (nSPS) is 29.0. The summed E-state index contributed by atoms with van der Waals surface area (Å²) in [6.45, 7) is 0. The van der Waals surface area contributed by atoms with E-state index in [0.29, 0.717) is 6.04 Å².